The minimum atomic E-state index is -0.0444. The molecule has 0 radical (unpaired) electrons. The van der Waals surface area contributed by atoms with Gasteiger partial charge in [-0.2, -0.15) is 0 Å². The van der Waals surface area contributed by atoms with Crippen LogP contribution in [-0.4, -0.2) is 37.0 Å². The maximum absolute atomic E-state index is 9.05. The van der Waals surface area contributed by atoms with Gasteiger partial charge in [0.1, 0.15) is 12.7 Å². The second-order valence-electron chi connectivity index (χ2n) is 4.09. The maximum Gasteiger partial charge on any atom is 0.161 e. The van der Waals surface area contributed by atoms with E-state index in [4.69, 9.17) is 14.6 Å². The molecular weight excluding hydrogens is 218 g/mol. The molecule has 0 aliphatic carbocycles. The van der Waals surface area contributed by atoms with E-state index in [-0.39, 0.29) is 18.8 Å². The van der Waals surface area contributed by atoms with Crippen molar-refractivity contribution in [2.24, 2.45) is 0 Å². The van der Waals surface area contributed by atoms with Gasteiger partial charge in [0, 0.05) is 12.6 Å². The van der Waals surface area contributed by atoms with Gasteiger partial charge in [-0.25, -0.2) is 0 Å². The van der Waals surface area contributed by atoms with Crippen LogP contribution in [0.4, 0.5) is 0 Å². The van der Waals surface area contributed by atoms with Gasteiger partial charge in [-0.05, 0) is 25.1 Å². The van der Waals surface area contributed by atoms with Gasteiger partial charge in [-0.15, -0.1) is 0 Å². The van der Waals surface area contributed by atoms with E-state index in [9.17, 15) is 0 Å². The fourth-order valence-electron chi connectivity index (χ4n) is 2.05. The standard InChI is InChI=1S/C13H19NO3/c1-2-14-10(7-8-15)13-9-16-11-5-3-4-6-12(11)17-13/h3-6,10,13-15H,2,7-9H2,1H3/t10-,13-/m0/s1. The first kappa shape index (κ1) is 12.2. The van der Waals surface area contributed by atoms with Crippen LogP contribution in [0.25, 0.3) is 0 Å². The molecule has 94 valence electrons. The first-order chi connectivity index (χ1) is 8.35. The molecular formula is C13H19NO3. The summed E-state index contributed by atoms with van der Waals surface area (Å²) >= 11 is 0. The number of hydrogen-bond donors (Lipinski definition) is 2. The van der Waals surface area contributed by atoms with Crippen LogP contribution < -0.4 is 14.8 Å². The smallest absolute Gasteiger partial charge is 0.161 e. The van der Waals surface area contributed by atoms with Gasteiger partial charge >= 0.3 is 0 Å². The van der Waals surface area contributed by atoms with E-state index in [0.717, 1.165) is 18.0 Å². The van der Waals surface area contributed by atoms with Crippen molar-refractivity contribution in [2.45, 2.75) is 25.5 Å². The summed E-state index contributed by atoms with van der Waals surface area (Å²) < 4.78 is 11.6. The number of fused-ring (bicyclic) bond motifs is 1. The molecule has 0 bridgehead atoms. The molecule has 0 unspecified atom stereocenters. The number of rotatable bonds is 5. The molecule has 1 heterocycles. The highest BCUT2D eigenvalue weighted by Gasteiger charge is 2.27. The van der Waals surface area contributed by atoms with Gasteiger partial charge < -0.3 is 19.9 Å². The predicted octanol–water partition coefficient (Wildman–Crippen LogP) is 1.19. The van der Waals surface area contributed by atoms with E-state index in [1.807, 2.05) is 31.2 Å². The number of benzene rings is 1. The Hall–Kier alpha value is -1.26. The summed E-state index contributed by atoms with van der Waals surface area (Å²) in [5.41, 5.74) is 0. The molecule has 17 heavy (non-hydrogen) atoms. The van der Waals surface area contributed by atoms with Gasteiger partial charge in [-0.3, -0.25) is 0 Å². The molecule has 0 spiro atoms. The fourth-order valence-corrected chi connectivity index (χ4v) is 2.05. The molecule has 2 rings (SSSR count). The molecule has 1 aromatic carbocycles. The number of aliphatic hydroxyl groups excluding tert-OH is 1. The summed E-state index contributed by atoms with van der Waals surface area (Å²) in [5, 5.41) is 12.4. The van der Waals surface area contributed by atoms with Crippen LogP contribution in [0.1, 0.15) is 13.3 Å². The molecule has 1 aliphatic rings. The minimum absolute atomic E-state index is 0.0444. The second kappa shape index (κ2) is 5.89. The zero-order valence-electron chi connectivity index (χ0n) is 10.1. The van der Waals surface area contributed by atoms with Gasteiger partial charge in [0.25, 0.3) is 0 Å². The number of ether oxygens (including phenoxy) is 2. The zero-order valence-corrected chi connectivity index (χ0v) is 10.1. The Bertz CT molecular complexity index is 350. The molecule has 2 atom stereocenters. The highest BCUT2D eigenvalue weighted by molar-refractivity contribution is 5.40. The van der Waals surface area contributed by atoms with Crippen LogP contribution >= 0.6 is 0 Å². The maximum atomic E-state index is 9.05. The van der Waals surface area contributed by atoms with Crippen molar-refractivity contribution in [1.29, 1.82) is 0 Å². The van der Waals surface area contributed by atoms with Crippen LogP contribution in [0.3, 0.4) is 0 Å². The van der Waals surface area contributed by atoms with Crippen molar-refractivity contribution in [2.75, 3.05) is 19.8 Å². The topological polar surface area (TPSA) is 50.7 Å². The number of nitrogens with one attached hydrogen (secondary N) is 1. The number of para-hydroxylation sites is 2. The van der Waals surface area contributed by atoms with Crippen LogP contribution in [0.2, 0.25) is 0 Å². The first-order valence-corrected chi connectivity index (χ1v) is 6.08. The van der Waals surface area contributed by atoms with Crippen molar-refractivity contribution < 1.29 is 14.6 Å². The van der Waals surface area contributed by atoms with E-state index < -0.39 is 0 Å². The van der Waals surface area contributed by atoms with Crippen LogP contribution in [0.5, 0.6) is 11.5 Å². The molecule has 2 N–H and O–H groups in total. The largest absolute Gasteiger partial charge is 0.486 e. The number of hydrogen-bond acceptors (Lipinski definition) is 4. The molecule has 0 amide bonds. The third kappa shape index (κ3) is 2.90. The minimum Gasteiger partial charge on any atom is -0.486 e. The van der Waals surface area contributed by atoms with Crippen molar-refractivity contribution in [3.8, 4) is 11.5 Å². The van der Waals surface area contributed by atoms with Gasteiger partial charge in [0.15, 0.2) is 11.5 Å². The van der Waals surface area contributed by atoms with E-state index >= 15 is 0 Å². The summed E-state index contributed by atoms with van der Waals surface area (Å²) in [5.74, 6) is 1.58. The van der Waals surface area contributed by atoms with E-state index in [1.54, 1.807) is 0 Å². The van der Waals surface area contributed by atoms with Crippen LogP contribution in [0.15, 0.2) is 24.3 Å². The monoisotopic (exact) mass is 237 g/mol. The highest BCUT2D eigenvalue weighted by atomic mass is 16.6. The lowest BCUT2D eigenvalue weighted by Crippen LogP contribution is -2.48. The van der Waals surface area contributed by atoms with Gasteiger partial charge in [-0.1, -0.05) is 19.1 Å². The van der Waals surface area contributed by atoms with Crippen molar-refractivity contribution in [3.05, 3.63) is 24.3 Å². The summed E-state index contributed by atoms with van der Waals surface area (Å²) in [4.78, 5) is 0. The van der Waals surface area contributed by atoms with E-state index in [2.05, 4.69) is 5.32 Å². The molecule has 0 aromatic heterocycles. The molecule has 4 nitrogen and oxygen atoms in total. The molecule has 1 aliphatic heterocycles. The Morgan fingerprint density at radius 3 is 2.88 bits per heavy atom. The summed E-state index contributed by atoms with van der Waals surface area (Å²) in [6.45, 7) is 3.57. The molecule has 0 saturated heterocycles. The normalized spacial score (nSPS) is 20.0. The number of likely N-dealkylation sites (N-methyl/N-ethyl adjacent to an activating group) is 1. The Balaban J connectivity index is 2.04. The number of aliphatic hydroxyl groups is 1. The Morgan fingerprint density at radius 2 is 2.18 bits per heavy atom. The first-order valence-electron chi connectivity index (χ1n) is 6.08. The summed E-state index contributed by atoms with van der Waals surface area (Å²) in [7, 11) is 0. The lowest BCUT2D eigenvalue weighted by molar-refractivity contribution is 0.0545. The quantitative estimate of drug-likeness (QED) is 0.807. The molecule has 0 saturated carbocycles. The zero-order chi connectivity index (χ0) is 12.1. The lowest BCUT2D eigenvalue weighted by Gasteiger charge is -2.32. The Labute approximate surface area is 102 Å². The molecule has 4 heteroatoms. The van der Waals surface area contributed by atoms with Crippen LogP contribution in [-0.2, 0) is 0 Å². The average molecular weight is 237 g/mol. The third-order valence-electron chi connectivity index (χ3n) is 2.89. The van der Waals surface area contributed by atoms with Gasteiger partial charge in [0.05, 0.1) is 0 Å². The Morgan fingerprint density at radius 1 is 1.41 bits per heavy atom. The van der Waals surface area contributed by atoms with Gasteiger partial charge in [0.2, 0.25) is 0 Å². The summed E-state index contributed by atoms with van der Waals surface area (Å²) in [6, 6.07) is 7.79. The van der Waals surface area contributed by atoms with Crippen molar-refractivity contribution in [3.63, 3.8) is 0 Å². The van der Waals surface area contributed by atoms with Crippen LogP contribution in [0, 0.1) is 0 Å². The molecule has 1 aromatic rings. The highest BCUT2D eigenvalue weighted by Crippen LogP contribution is 2.31. The second-order valence-corrected chi connectivity index (χ2v) is 4.09. The summed E-state index contributed by atoms with van der Waals surface area (Å²) in [6.07, 6.45) is 0.626. The predicted molar refractivity (Wildman–Crippen MR) is 65.5 cm³/mol. The SMILES string of the molecule is CCN[C@@H](CCO)[C@@H]1COc2ccccc2O1. The molecule has 0 fully saturated rings. The third-order valence-corrected chi connectivity index (χ3v) is 2.89. The lowest BCUT2D eigenvalue weighted by atomic mass is 10.1. The van der Waals surface area contributed by atoms with Crippen molar-refractivity contribution >= 4 is 0 Å². The Kier molecular flexibility index (Phi) is 4.23. The van der Waals surface area contributed by atoms with E-state index in [1.165, 1.54) is 0 Å². The fraction of sp³-hybridized carbons (Fsp3) is 0.538. The van der Waals surface area contributed by atoms with E-state index in [0.29, 0.717) is 13.0 Å². The van der Waals surface area contributed by atoms with Crippen molar-refractivity contribution in [1.82, 2.24) is 5.32 Å². The average Bonchev–Trinajstić information content (AvgIpc) is 2.38.